The van der Waals surface area contributed by atoms with Gasteiger partial charge in [0.2, 0.25) is 0 Å². The summed E-state index contributed by atoms with van der Waals surface area (Å²) in [6, 6.07) is 7.30. The number of allylic oxidation sites excluding steroid dienone is 2. The molecule has 0 unspecified atom stereocenters. The molecule has 0 aliphatic heterocycles. The Morgan fingerprint density at radius 1 is 1.38 bits per heavy atom. The fourth-order valence-corrected chi connectivity index (χ4v) is 2.28. The summed E-state index contributed by atoms with van der Waals surface area (Å²) >= 11 is 3.35. The third-order valence-corrected chi connectivity index (χ3v) is 3.79. The van der Waals surface area contributed by atoms with Crippen molar-refractivity contribution in [2.45, 2.75) is 40.0 Å². The minimum Gasteiger partial charge on any atom is -0.267 e. The number of hydrazone groups is 1. The Bertz CT molecular complexity index is 519. The molecule has 0 aromatic heterocycles. The number of benzene rings is 1. The van der Waals surface area contributed by atoms with Crippen molar-refractivity contribution in [2.75, 3.05) is 0 Å². The molecule has 0 aliphatic rings. The van der Waals surface area contributed by atoms with Gasteiger partial charge in [-0.25, -0.2) is 5.43 Å². The average molecular weight is 351 g/mol. The number of carbonyl (C=O) groups is 1. The van der Waals surface area contributed by atoms with Crippen LogP contribution in [0.2, 0.25) is 0 Å². The second kappa shape index (κ2) is 9.50. The summed E-state index contributed by atoms with van der Waals surface area (Å²) in [5.41, 5.74) is 4.51. The molecule has 0 saturated heterocycles. The monoisotopic (exact) mass is 350 g/mol. The third-order valence-electron chi connectivity index (χ3n) is 3.10. The normalized spacial score (nSPS) is 12.2. The molecule has 0 radical (unpaired) electrons. The number of amides is 1. The number of halogens is 1. The second-order valence-electron chi connectivity index (χ2n) is 5.43. The van der Waals surface area contributed by atoms with E-state index in [1.165, 1.54) is 5.57 Å². The zero-order chi connectivity index (χ0) is 15.7. The van der Waals surface area contributed by atoms with Gasteiger partial charge in [-0.05, 0) is 67.1 Å². The summed E-state index contributed by atoms with van der Waals surface area (Å²) in [5.74, 6) is 0.362. The summed E-state index contributed by atoms with van der Waals surface area (Å²) in [7, 11) is 0. The van der Waals surface area contributed by atoms with E-state index in [1.807, 2.05) is 18.2 Å². The molecule has 21 heavy (non-hydrogen) atoms. The summed E-state index contributed by atoms with van der Waals surface area (Å²) < 4.78 is 0.771. The molecule has 114 valence electrons. The van der Waals surface area contributed by atoms with Gasteiger partial charge in [0.05, 0.1) is 5.56 Å². The molecular formula is C17H23BrN2O. The minimum atomic E-state index is -0.198. The van der Waals surface area contributed by atoms with E-state index in [9.17, 15) is 4.79 Å². The molecule has 1 aromatic rings. The number of nitrogens with one attached hydrogen (secondary N) is 1. The van der Waals surface area contributed by atoms with E-state index in [4.69, 9.17) is 0 Å². The van der Waals surface area contributed by atoms with Gasteiger partial charge in [-0.3, -0.25) is 4.79 Å². The van der Waals surface area contributed by atoms with Gasteiger partial charge in [0.1, 0.15) is 0 Å². The van der Waals surface area contributed by atoms with Crippen molar-refractivity contribution in [3.05, 3.63) is 46.0 Å². The Hall–Kier alpha value is -1.42. The molecule has 1 atom stereocenters. The third kappa shape index (κ3) is 7.23. The lowest BCUT2D eigenvalue weighted by Crippen LogP contribution is -2.18. The standard InChI is InChI=1S/C17H23BrN2O/c1-13(2)7-6-8-14(3)11-12-19-20-17(21)15-9-4-5-10-16(15)18/h4-5,7,9-10,12,14H,6,8,11H2,1-3H3,(H,20,21)/b19-12-/t14-/m0/s1. The highest BCUT2D eigenvalue weighted by Gasteiger charge is 2.07. The van der Waals surface area contributed by atoms with Crippen molar-refractivity contribution in [1.29, 1.82) is 0 Å². The van der Waals surface area contributed by atoms with Crippen LogP contribution in [-0.2, 0) is 0 Å². The molecule has 0 fully saturated rings. The lowest BCUT2D eigenvalue weighted by Gasteiger charge is -2.06. The fourth-order valence-electron chi connectivity index (χ4n) is 1.82. The quantitative estimate of drug-likeness (QED) is 0.422. The Kier molecular flexibility index (Phi) is 7.98. The van der Waals surface area contributed by atoms with E-state index in [1.54, 1.807) is 12.3 Å². The van der Waals surface area contributed by atoms with Crippen LogP contribution in [0.25, 0.3) is 0 Å². The highest BCUT2D eigenvalue weighted by molar-refractivity contribution is 9.10. The first kappa shape index (κ1) is 17.6. The molecule has 0 spiro atoms. The second-order valence-corrected chi connectivity index (χ2v) is 6.29. The van der Waals surface area contributed by atoms with E-state index in [0.29, 0.717) is 11.5 Å². The zero-order valence-corrected chi connectivity index (χ0v) is 14.5. The molecule has 0 bridgehead atoms. The van der Waals surface area contributed by atoms with Crippen molar-refractivity contribution in [3.63, 3.8) is 0 Å². The predicted molar refractivity (Wildman–Crippen MR) is 92.5 cm³/mol. The minimum absolute atomic E-state index is 0.198. The Balaban J connectivity index is 2.33. The molecule has 1 N–H and O–H groups in total. The maximum atomic E-state index is 11.9. The molecular weight excluding hydrogens is 328 g/mol. The van der Waals surface area contributed by atoms with E-state index < -0.39 is 0 Å². The van der Waals surface area contributed by atoms with Crippen LogP contribution in [0.3, 0.4) is 0 Å². The summed E-state index contributed by atoms with van der Waals surface area (Å²) in [6.45, 7) is 6.42. The van der Waals surface area contributed by atoms with Crippen molar-refractivity contribution in [2.24, 2.45) is 11.0 Å². The van der Waals surface area contributed by atoms with E-state index in [2.05, 4.69) is 53.3 Å². The number of nitrogens with zero attached hydrogens (tertiary/aromatic N) is 1. The molecule has 1 aromatic carbocycles. The number of carbonyl (C=O) groups excluding carboxylic acids is 1. The Morgan fingerprint density at radius 3 is 2.76 bits per heavy atom. The number of hydrogen-bond acceptors (Lipinski definition) is 2. The van der Waals surface area contributed by atoms with Crippen LogP contribution in [-0.4, -0.2) is 12.1 Å². The van der Waals surface area contributed by atoms with Crippen LogP contribution in [0.5, 0.6) is 0 Å². The fraction of sp³-hybridized carbons (Fsp3) is 0.412. The lowest BCUT2D eigenvalue weighted by molar-refractivity contribution is 0.0954. The number of rotatable bonds is 7. The first-order valence-corrected chi connectivity index (χ1v) is 7.99. The predicted octanol–water partition coefficient (Wildman–Crippen LogP) is 4.94. The van der Waals surface area contributed by atoms with Crippen LogP contribution in [0.15, 0.2) is 45.5 Å². The van der Waals surface area contributed by atoms with Gasteiger partial charge in [0.25, 0.3) is 5.91 Å². The van der Waals surface area contributed by atoms with E-state index in [-0.39, 0.29) is 5.91 Å². The van der Waals surface area contributed by atoms with E-state index in [0.717, 1.165) is 23.7 Å². The molecule has 4 heteroatoms. The zero-order valence-electron chi connectivity index (χ0n) is 12.9. The summed E-state index contributed by atoms with van der Waals surface area (Å²) in [6.07, 6.45) is 7.13. The van der Waals surface area contributed by atoms with Crippen LogP contribution >= 0.6 is 15.9 Å². The van der Waals surface area contributed by atoms with Crippen LogP contribution in [0.4, 0.5) is 0 Å². The van der Waals surface area contributed by atoms with Crippen molar-refractivity contribution >= 4 is 28.1 Å². The maximum absolute atomic E-state index is 11.9. The largest absolute Gasteiger partial charge is 0.272 e. The van der Waals surface area contributed by atoms with Crippen LogP contribution < -0.4 is 5.43 Å². The average Bonchev–Trinajstić information content (AvgIpc) is 2.43. The molecule has 0 aliphatic carbocycles. The van der Waals surface area contributed by atoms with Crippen molar-refractivity contribution in [3.8, 4) is 0 Å². The van der Waals surface area contributed by atoms with Crippen LogP contribution in [0.1, 0.15) is 50.4 Å². The molecule has 1 rings (SSSR count). The van der Waals surface area contributed by atoms with Crippen molar-refractivity contribution < 1.29 is 4.79 Å². The SMILES string of the molecule is CC(C)=CCC[C@H](C)C/C=N\NC(=O)c1ccccc1Br. The van der Waals surface area contributed by atoms with Crippen LogP contribution in [0, 0.1) is 5.92 Å². The first-order valence-electron chi connectivity index (χ1n) is 7.20. The van der Waals surface area contributed by atoms with Gasteiger partial charge >= 0.3 is 0 Å². The van der Waals surface area contributed by atoms with Gasteiger partial charge in [0, 0.05) is 10.7 Å². The van der Waals surface area contributed by atoms with Gasteiger partial charge in [0.15, 0.2) is 0 Å². The molecule has 3 nitrogen and oxygen atoms in total. The Labute approximate surface area is 135 Å². The highest BCUT2D eigenvalue weighted by atomic mass is 79.9. The topological polar surface area (TPSA) is 41.5 Å². The lowest BCUT2D eigenvalue weighted by atomic mass is 10.0. The molecule has 0 heterocycles. The van der Waals surface area contributed by atoms with E-state index >= 15 is 0 Å². The van der Waals surface area contributed by atoms with Gasteiger partial charge in [-0.15, -0.1) is 0 Å². The molecule has 0 saturated carbocycles. The first-order chi connectivity index (χ1) is 10.0. The Morgan fingerprint density at radius 2 is 2.10 bits per heavy atom. The van der Waals surface area contributed by atoms with Gasteiger partial charge < -0.3 is 0 Å². The maximum Gasteiger partial charge on any atom is 0.272 e. The number of hydrogen-bond donors (Lipinski definition) is 1. The smallest absolute Gasteiger partial charge is 0.267 e. The highest BCUT2D eigenvalue weighted by Crippen LogP contribution is 2.15. The summed E-state index contributed by atoms with van der Waals surface area (Å²) in [5, 5.41) is 4.01. The van der Waals surface area contributed by atoms with Gasteiger partial charge in [-0.1, -0.05) is 30.7 Å². The van der Waals surface area contributed by atoms with Crippen molar-refractivity contribution in [1.82, 2.24) is 5.43 Å². The molecule has 1 amide bonds. The summed E-state index contributed by atoms with van der Waals surface area (Å²) in [4.78, 5) is 11.9. The van der Waals surface area contributed by atoms with Gasteiger partial charge in [-0.2, -0.15) is 5.10 Å².